The van der Waals surface area contributed by atoms with E-state index in [-0.39, 0.29) is 10.8 Å². The molecule has 0 heterocycles. The summed E-state index contributed by atoms with van der Waals surface area (Å²) in [5, 5.41) is 6.75. The van der Waals surface area contributed by atoms with Crippen LogP contribution in [0.3, 0.4) is 0 Å². The monoisotopic (exact) mass is 364 g/mol. The van der Waals surface area contributed by atoms with Gasteiger partial charge in [0, 0.05) is 19.2 Å². The molecular formula is C21H36N2OS. The normalized spacial score (nSPS) is 12.0. The number of rotatable bonds is 9. The van der Waals surface area contributed by atoms with Gasteiger partial charge in [-0.2, -0.15) is 0 Å². The molecule has 142 valence electrons. The zero-order valence-corrected chi connectivity index (χ0v) is 17.9. The van der Waals surface area contributed by atoms with Gasteiger partial charge in [-0.15, -0.1) is 0 Å². The minimum atomic E-state index is 0.0983. The van der Waals surface area contributed by atoms with Gasteiger partial charge in [0.25, 0.3) is 0 Å². The Balaban J connectivity index is 2.89. The summed E-state index contributed by atoms with van der Waals surface area (Å²) in [5.74, 6) is 1.01. The Hall–Kier alpha value is -1.29. The standard InChI is InChI=1S/C21H36N2OS/c1-8-20(3,4)16-11-12-18(17(15-16)21(5,6)9-2)24-14-10-13-23-19(25)22-7/h11-12,15H,8-10,13-14H2,1-7H3,(H2,22,23,25). The van der Waals surface area contributed by atoms with Gasteiger partial charge in [0.1, 0.15) is 5.75 Å². The Bertz CT molecular complexity index is 567. The fraction of sp³-hybridized carbons (Fsp3) is 0.667. The van der Waals surface area contributed by atoms with Crippen molar-refractivity contribution >= 4 is 17.3 Å². The maximum absolute atomic E-state index is 6.14. The smallest absolute Gasteiger partial charge is 0.166 e. The Morgan fingerprint density at radius 2 is 1.72 bits per heavy atom. The SMILES string of the molecule is CCC(C)(C)c1ccc(OCCCNC(=S)NC)c(C(C)(C)CC)c1. The van der Waals surface area contributed by atoms with Crippen molar-refractivity contribution in [3.05, 3.63) is 29.3 Å². The lowest BCUT2D eigenvalue weighted by atomic mass is 9.76. The third-order valence-electron chi connectivity index (χ3n) is 5.35. The molecular weight excluding hydrogens is 328 g/mol. The van der Waals surface area contributed by atoms with Gasteiger partial charge in [-0.05, 0) is 53.9 Å². The number of ether oxygens (including phenoxy) is 1. The third kappa shape index (κ3) is 6.18. The van der Waals surface area contributed by atoms with Gasteiger partial charge in [0.2, 0.25) is 0 Å². The molecule has 0 saturated carbocycles. The average molecular weight is 365 g/mol. The molecule has 0 bridgehead atoms. The highest BCUT2D eigenvalue weighted by molar-refractivity contribution is 7.80. The van der Waals surface area contributed by atoms with Crippen LogP contribution in [0.15, 0.2) is 18.2 Å². The number of benzene rings is 1. The molecule has 0 aliphatic heterocycles. The number of hydrogen-bond donors (Lipinski definition) is 2. The predicted octanol–water partition coefficient (Wildman–Crippen LogP) is 4.92. The molecule has 1 aromatic rings. The number of thiocarbonyl (C=S) groups is 1. The van der Waals surface area contributed by atoms with Gasteiger partial charge < -0.3 is 15.4 Å². The Kier molecular flexibility index (Phi) is 8.20. The van der Waals surface area contributed by atoms with Crippen molar-refractivity contribution in [3.63, 3.8) is 0 Å². The minimum Gasteiger partial charge on any atom is -0.493 e. The minimum absolute atomic E-state index is 0.0983. The first-order chi connectivity index (χ1) is 11.7. The molecule has 3 nitrogen and oxygen atoms in total. The largest absolute Gasteiger partial charge is 0.493 e. The second-order valence-corrected chi connectivity index (χ2v) is 8.30. The predicted molar refractivity (Wildman–Crippen MR) is 113 cm³/mol. The van der Waals surface area contributed by atoms with Gasteiger partial charge in [0.15, 0.2) is 5.11 Å². The highest BCUT2D eigenvalue weighted by Crippen LogP contribution is 2.38. The van der Waals surface area contributed by atoms with Crippen LogP contribution in [0.5, 0.6) is 5.75 Å². The van der Waals surface area contributed by atoms with Gasteiger partial charge in [-0.1, -0.05) is 53.7 Å². The van der Waals surface area contributed by atoms with Gasteiger partial charge >= 0.3 is 0 Å². The highest BCUT2D eigenvalue weighted by Gasteiger charge is 2.26. The lowest BCUT2D eigenvalue weighted by molar-refractivity contribution is 0.300. The molecule has 2 N–H and O–H groups in total. The van der Waals surface area contributed by atoms with E-state index < -0.39 is 0 Å². The lowest BCUT2D eigenvalue weighted by Crippen LogP contribution is -2.33. The zero-order chi connectivity index (χ0) is 19.1. The van der Waals surface area contributed by atoms with Crippen LogP contribution in [0.25, 0.3) is 0 Å². The Labute approximate surface area is 159 Å². The molecule has 1 rings (SSSR count). The van der Waals surface area contributed by atoms with E-state index in [1.807, 2.05) is 7.05 Å². The van der Waals surface area contributed by atoms with Crippen LogP contribution in [0.1, 0.15) is 71.9 Å². The first-order valence-electron chi connectivity index (χ1n) is 9.41. The van der Waals surface area contributed by atoms with E-state index >= 15 is 0 Å². The molecule has 0 atom stereocenters. The van der Waals surface area contributed by atoms with Crippen molar-refractivity contribution < 1.29 is 4.74 Å². The van der Waals surface area contributed by atoms with E-state index in [0.717, 1.165) is 31.6 Å². The number of hydrogen-bond acceptors (Lipinski definition) is 2. The van der Waals surface area contributed by atoms with Crippen molar-refractivity contribution in [3.8, 4) is 5.75 Å². The molecule has 0 spiro atoms. The Morgan fingerprint density at radius 3 is 2.28 bits per heavy atom. The summed E-state index contributed by atoms with van der Waals surface area (Å²) in [4.78, 5) is 0. The van der Waals surface area contributed by atoms with Gasteiger partial charge in [0.05, 0.1) is 6.61 Å². The second kappa shape index (κ2) is 9.42. The van der Waals surface area contributed by atoms with E-state index in [1.165, 1.54) is 11.1 Å². The van der Waals surface area contributed by atoms with Crippen LogP contribution in [0.2, 0.25) is 0 Å². The fourth-order valence-electron chi connectivity index (χ4n) is 2.54. The molecule has 0 unspecified atom stereocenters. The van der Waals surface area contributed by atoms with Crippen molar-refractivity contribution in [2.45, 2.75) is 71.6 Å². The molecule has 0 radical (unpaired) electrons. The van der Waals surface area contributed by atoms with Crippen molar-refractivity contribution in [1.29, 1.82) is 0 Å². The van der Waals surface area contributed by atoms with Crippen molar-refractivity contribution in [2.24, 2.45) is 0 Å². The van der Waals surface area contributed by atoms with Crippen LogP contribution in [-0.2, 0) is 10.8 Å². The van der Waals surface area contributed by atoms with Crippen molar-refractivity contribution in [1.82, 2.24) is 10.6 Å². The molecule has 0 aromatic heterocycles. The average Bonchev–Trinajstić information content (AvgIpc) is 2.60. The van der Waals surface area contributed by atoms with Crippen LogP contribution < -0.4 is 15.4 Å². The molecule has 0 fully saturated rings. The fourth-order valence-corrected chi connectivity index (χ4v) is 2.65. The first kappa shape index (κ1) is 21.8. The number of nitrogens with one attached hydrogen (secondary N) is 2. The van der Waals surface area contributed by atoms with Crippen LogP contribution in [0.4, 0.5) is 0 Å². The van der Waals surface area contributed by atoms with E-state index in [0.29, 0.717) is 11.7 Å². The van der Waals surface area contributed by atoms with Crippen LogP contribution in [0, 0.1) is 0 Å². The van der Waals surface area contributed by atoms with Gasteiger partial charge in [-0.3, -0.25) is 0 Å². The molecule has 0 amide bonds. The second-order valence-electron chi connectivity index (χ2n) is 7.89. The third-order valence-corrected chi connectivity index (χ3v) is 5.70. The van der Waals surface area contributed by atoms with E-state index in [1.54, 1.807) is 0 Å². The zero-order valence-electron chi connectivity index (χ0n) is 17.1. The van der Waals surface area contributed by atoms with E-state index in [9.17, 15) is 0 Å². The summed E-state index contributed by atoms with van der Waals surface area (Å²) in [6, 6.07) is 6.74. The molecule has 0 aliphatic carbocycles. The molecule has 0 saturated heterocycles. The molecule has 25 heavy (non-hydrogen) atoms. The quantitative estimate of drug-likeness (QED) is 0.481. The molecule has 0 aliphatic rings. The summed E-state index contributed by atoms with van der Waals surface area (Å²) in [6.45, 7) is 15.2. The van der Waals surface area contributed by atoms with Gasteiger partial charge in [-0.25, -0.2) is 0 Å². The van der Waals surface area contributed by atoms with Crippen LogP contribution in [-0.4, -0.2) is 25.3 Å². The maximum atomic E-state index is 6.14. The summed E-state index contributed by atoms with van der Waals surface area (Å²) < 4.78 is 6.14. The topological polar surface area (TPSA) is 33.3 Å². The van der Waals surface area contributed by atoms with Crippen molar-refractivity contribution in [2.75, 3.05) is 20.2 Å². The molecule has 1 aromatic carbocycles. The summed E-state index contributed by atoms with van der Waals surface area (Å²) >= 11 is 5.08. The summed E-state index contributed by atoms with van der Waals surface area (Å²) in [7, 11) is 1.82. The highest BCUT2D eigenvalue weighted by atomic mass is 32.1. The molecule has 4 heteroatoms. The maximum Gasteiger partial charge on any atom is 0.166 e. The van der Waals surface area contributed by atoms with Crippen LogP contribution >= 0.6 is 12.2 Å². The van der Waals surface area contributed by atoms with E-state index in [4.69, 9.17) is 17.0 Å². The lowest BCUT2D eigenvalue weighted by Gasteiger charge is -2.30. The Morgan fingerprint density at radius 1 is 1.08 bits per heavy atom. The van der Waals surface area contributed by atoms with E-state index in [2.05, 4.69) is 70.4 Å². The summed E-state index contributed by atoms with van der Waals surface area (Å²) in [5.41, 5.74) is 2.98. The first-order valence-corrected chi connectivity index (χ1v) is 9.82. The summed E-state index contributed by atoms with van der Waals surface area (Å²) in [6.07, 6.45) is 3.11.